The molecule has 4 rings (SSSR count). The van der Waals surface area contributed by atoms with Crippen LogP contribution in [0, 0.1) is 16.7 Å². The second kappa shape index (κ2) is 7.79. The minimum absolute atomic E-state index is 0.232. The Morgan fingerprint density at radius 2 is 1.58 bits per heavy atom. The molecule has 2 unspecified atom stereocenters. The van der Waals surface area contributed by atoms with E-state index in [0.29, 0.717) is 5.56 Å². The summed E-state index contributed by atoms with van der Waals surface area (Å²) in [5.41, 5.74) is 5.64. The third-order valence-electron chi connectivity index (χ3n) is 5.08. The Hall–Kier alpha value is -2.52. The van der Waals surface area contributed by atoms with Crippen LogP contribution in [0.4, 0.5) is 0 Å². The lowest BCUT2D eigenvalue weighted by molar-refractivity contribution is 0.179. The van der Waals surface area contributed by atoms with E-state index in [4.69, 9.17) is 15.8 Å². The van der Waals surface area contributed by atoms with Gasteiger partial charge in [-0.15, -0.1) is 0 Å². The molecular weight excluding hydrogens is 328 g/mol. The number of aliphatic hydroxyl groups excluding tert-OH is 3. The minimum atomic E-state index is -0.392. The summed E-state index contributed by atoms with van der Waals surface area (Å²) in [5, 5.41) is 44.4. The highest BCUT2D eigenvalue weighted by Crippen LogP contribution is 2.33. The van der Waals surface area contributed by atoms with Crippen molar-refractivity contribution in [2.24, 2.45) is 0 Å². The molecule has 0 radical (unpaired) electrons. The largest absolute Gasteiger partial charge is 0.390 e. The summed E-state index contributed by atoms with van der Waals surface area (Å²) < 4.78 is 0. The highest BCUT2D eigenvalue weighted by molar-refractivity contribution is 6.00. The van der Waals surface area contributed by atoms with Gasteiger partial charge >= 0.3 is 0 Å². The number of benzene rings is 2. The highest BCUT2D eigenvalue weighted by Gasteiger charge is 2.23. The smallest absolute Gasteiger partial charge is 0.0994 e. The molecule has 0 amide bonds. The molecule has 2 aliphatic carbocycles. The molecule has 0 saturated carbocycles. The number of hydrogen-bond acceptors (Lipinski definition) is 5. The fourth-order valence-corrected chi connectivity index (χ4v) is 3.74. The van der Waals surface area contributed by atoms with Crippen molar-refractivity contribution < 1.29 is 15.3 Å². The zero-order valence-electron chi connectivity index (χ0n) is 14.4. The molecule has 5 heteroatoms. The van der Waals surface area contributed by atoms with Gasteiger partial charge in [-0.05, 0) is 54.0 Å². The van der Waals surface area contributed by atoms with Crippen LogP contribution < -0.4 is 0 Å². The average molecular weight is 350 g/mol. The molecule has 2 aliphatic rings. The van der Waals surface area contributed by atoms with Gasteiger partial charge in [0.05, 0.1) is 36.2 Å². The van der Waals surface area contributed by atoms with Crippen LogP contribution in [0.3, 0.4) is 0 Å². The zero-order chi connectivity index (χ0) is 18.7. The topological polar surface area (TPSA) is 108 Å². The molecule has 2 aromatic carbocycles. The summed E-state index contributed by atoms with van der Waals surface area (Å²) in [7, 11) is 0. The van der Waals surface area contributed by atoms with Crippen LogP contribution >= 0.6 is 0 Å². The lowest BCUT2D eigenvalue weighted by Crippen LogP contribution is -2.08. The second-order valence-electron chi connectivity index (χ2n) is 6.60. The quantitative estimate of drug-likeness (QED) is 0.624. The summed E-state index contributed by atoms with van der Waals surface area (Å²) in [6.07, 6.45) is 2.37. The molecule has 134 valence electrons. The fourth-order valence-electron chi connectivity index (χ4n) is 3.74. The van der Waals surface area contributed by atoms with Crippen molar-refractivity contribution in [2.75, 3.05) is 6.61 Å². The Kier molecular flexibility index (Phi) is 5.48. The van der Waals surface area contributed by atoms with Gasteiger partial charge in [-0.3, -0.25) is 0 Å². The molecular formula is C21H22N2O3. The molecule has 0 spiro atoms. The molecule has 4 N–H and O–H groups in total. The van der Waals surface area contributed by atoms with Crippen LogP contribution in [0.5, 0.6) is 0 Å². The molecule has 0 aromatic heterocycles. The van der Waals surface area contributed by atoms with E-state index in [1.54, 1.807) is 6.07 Å². The maximum atomic E-state index is 9.63. The first-order valence-corrected chi connectivity index (χ1v) is 8.75. The van der Waals surface area contributed by atoms with Gasteiger partial charge in [-0.2, -0.15) is 5.26 Å². The number of nitrogens with zero attached hydrogens (tertiary/aromatic N) is 1. The Bertz CT molecular complexity index is 870. The number of nitriles is 1. The van der Waals surface area contributed by atoms with E-state index in [1.165, 1.54) is 0 Å². The zero-order valence-corrected chi connectivity index (χ0v) is 14.4. The van der Waals surface area contributed by atoms with E-state index in [1.807, 2.05) is 30.3 Å². The van der Waals surface area contributed by atoms with Gasteiger partial charge in [0.1, 0.15) is 0 Å². The van der Waals surface area contributed by atoms with Crippen molar-refractivity contribution >= 4 is 5.71 Å². The Morgan fingerprint density at radius 1 is 1.00 bits per heavy atom. The van der Waals surface area contributed by atoms with Crippen LogP contribution in [-0.4, -0.2) is 27.6 Å². The van der Waals surface area contributed by atoms with Crippen LogP contribution in [-0.2, 0) is 12.8 Å². The second-order valence-corrected chi connectivity index (χ2v) is 6.60. The van der Waals surface area contributed by atoms with Gasteiger partial charge in [0, 0.05) is 5.56 Å². The van der Waals surface area contributed by atoms with E-state index < -0.39 is 6.10 Å². The van der Waals surface area contributed by atoms with E-state index in [9.17, 15) is 10.2 Å². The van der Waals surface area contributed by atoms with Gasteiger partial charge in [0.25, 0.3) is 0 Å². The summed E-state index contributed by atoms with van der Waals surface area (Å²) >= 11 is 0. The molecule has 0 bridgehead atoms. The molecule has 26 heavy (non-hydrogen) atoms. The van der Waals surface area contributed by atoms with Crippen molar-refractivity contribution in [2.45, 2.75) is 37.9 Å². The van der Waals surface area contributed by atoms with Crippen LogP contribution in [0.1, 0.15) is 58.4 Å². The third-order valence-corrected chi connectivity index (χ3v) is 5.08. The van der Waals surface area contributed by atoms with Gasteiger partial charge in [-0.25, -0.2) is 0 Å². The van der Waals surface area contributed by atoms with E-state index in [-0.39, 0.29) is 18.4 Å². The fraction of sp³-hybridized carbons (Fsp3) is 0.333. The number of aliphatic hydroxyl groups is 3. The number of hydrogen-bond donors (Lipinski definition) is 4. The van der Waals surface area contributed by atoms with Crippen LogP contribution in [0.15, 0.2) is 36.4 Å². The SMILES string of the molecule is N#Cc1cccc2c1CCC2O.N=C(CO)c1cccc2c1CCC2O. The lowest BCUT2D eigenvalue weighted by Gasteiger charge is -2.08. The predicted octanol–water partition coefficient (Wildman–Crippen LogP) is 2.56. The number of fused-ring (bicyclic) bond motifs is 2. The first-order chi connectivity index (χ1) is 12.6. The summed E-state index contributed by atoms with van der Waals surface area (Å²) in [6.45, 7) is -0.244. The first-order valence-electron chi connectivity index (χ1n) is 8.75. The molecule has 0 saturated heterocycles. The molecule has 2 aromatic rings. The van der Waals surface area contributed by atoms with Crippen molar-refractivity contribution in [1.82, 2.24) is 0 Å². The van der Waals surface area contributed by atoms with Crippen molar-refractivity contribution in [3.05, 3.63) is 69.8 Å². The number of nitrogens with one attached hydrogen (secondary N) is 1. The van der Waals surface area contributed by atoms with E-state index >= 15 is 0 Å². The monoisotopic (exact) mass is 350 g/mol. The third kappa shape index (κ3) is 3.40. The maximum Gasteiger partial charge on any atom is 0.0994 e. The van der Waals surface area contributed by atoms with Gasteiger partial charge in [0.15, 0.2) is 0 Å². The standard InChI is InChI=1S/C11H13NO2.C10H9NO/c12-10(6-13)8-2-1-3-9-7(8)4-5-11(9)14;11-6-7-2-1-3-9-8(7)4-5-10(9)12/h1-3,11-14H,4-6H2;1-3,10,12H,4-5H2. The minimum Gasteiger partial charge on any atom is -0.390 e. The summed E-state index contributed by atoms with van der Waals surface area (Å²) in [6, 6.07) is 13.2. The van der Waals surface area contributed by atoms with E-state index in [2.05, 4.69) is 6.07 Å². The normalized spacial score (nSPS) is 19.8. The maximum absolute atomic E-state index is 9.63. The van der Waals surface area contributed by atoms with Crippen molar-refractivity contribution in [3.63, 3.8) is 0 Å². The molecule has 2 atom stereocenters. The van der Waals surface area contributed by atoms with Crippen LogP contribution in [0.25, 0.3) is 0 Å². The average Bonchev–Trinajstić information content (AvgIpc) is 3.25. The van der Waals surface area contributed by atoms with E-state index in [0.717, 1.165) is 53.5 Å². The predicted molar refractivity (Wildman–Crippen MR) is 98.1 cm³/mol. The molecule has 0 aliphatic heterocycles. The Morgan fingerprint density at radius 3 is 2.19 bits per heavy atom. The first kappa shape index (κ1) is 18.3. The van der Waals surface area contributed by atoms with Crippen molar-refractivity contribution in [1.29, 1.82) is 10.7 Å². The summed E-state index contributed by atoms with van der Waals surface area (Å²) in [4.78, 5) is 0. The Labute approximate surface area is 152 Å². The van der Waals surface area contributed by atoms with Gasteiger partial charge in [0.2, 0.25) is 0 Å². The molecule has 5 nitrogen and oxygen atoms in total. The summed E-state index contributed by atoms with van der Waals surface area (Å²) in [5.74, 6) is 0. The number of rotatable bonds is 2. The van der Waals surface area contributed by atoms with Gasteiger partial charge < -0.3 is 20.7 Å². The van der Waals surface area contributed by atoms with Gasteiger partial charge in [-0.1, -0.05) is 30.3 Å². The molecule has 0 heterocycles. The highest BCUT2D eigenvalue weighted by atomic mass is 16.3. The van der Waals surface area contributed by atoms with Crippen LogP contribution in [0.2, 0.25) is 0 Å². The molecule has 0 fully saturated rings. The Balaban J connectivity index is 0.000000152. The van der Waals surface area contributed by atoms with Crippen molar-refractivity contribution in [3.8, 4) is 6.07 Å². The lowest BCUT2D eigenvalue weighted by atomic mass is 9.99.